The van der Waals surface area contributed by atoms with Crippen LogP contribution in [-0.4, -0.2) is 4.70 Å². The highest BCUT2D eigenvalue weighted by Gasteiger charge is 2.11. The van der Waals surface area contributed by atoms with Crippen LogP contribution in [0, 0.1) is 5.92 Å². The lowest BCUT2D eigenvalue weighted by atomic mass is 9.86. The van der Waals surface area contributed by atoms with Crippen molar-refractivity contribution < 1.29 is 4.79 Å². The minimum Gasteiger partial charge on any atom is -0.262 e. The number of carbonyl (C=O) groups is 1. The van der Waals surface area contributed by atoms with Crippen molar-refractivity contribution in [2.45, 2.75) is 58.3 Å². The van der Waals surface area contributed by atoms with E-state index in [0.717, 1.165) is 5.92 Å². The van der Waals surface area contributed by atoms with Gasteiger partial charge in [0.25, 0.3) is 0 Å². The van der Waals surface area contributed by atoms with E-state index < -0.39 is 4.70 Å². The summed E-state index contributed by atoms with van der Waals surface area (Å²) in [6.07, 6.45) is 11.9. The molecule has 0 aromatic carbocycles. The molecule has 3 heteroatoms. The summed E-state index contributed by atoms with van der Waals surface area (Å²) in [5.41, 5.74) is 0. The number of hydrogen-bond donors (Lipinski definition) is 0. The molecule has 0 aromatic rings. The second kappa shape index (κ2) is 9.79. The van der Waals surface area contributed by atoms with Gasteiger partial charge in [-0.3, -0.25) is 4.79 Å². The summed E-state index contributed by atoms with van der Waals surface area (Å²) in [5, 5.41) is 0. The number of rotatable bonds is 3. The normalized spacial score (nSPS) is 17.1. The van der Waals surface area contributed by atoms with E-state index in [1.165, 1.54) is 51.4 Å². The fourth-order valence-corrected chi connectivity index (χ4v) is 1.97. The van der Waals surface area contributed by atoms with Gasteiger partial charge in [-0.05, 0) is 29.1 Å². The first-order valence-electron chi connectivity index (χ1n) is 5.51. The maximum Gasteiger partial charge on any atom is 0.313 e. The van der Waals surface area contributed by atoms with E-state index >= 15 is 0 Å². The third-order valence-electron chi connectivity index (χ3n) is 2.69. The zero-order chi connectivity index (χ0) is 10.8. The molecule has 1 fully saturated rings. The van der Waals surface area contributed by atoms with Gasteiger partial charge in [0.1, 0.15) is 0 Å². The van der Waals surface area contributed by atoms with Gasteiger partial charge in [-0.2, -0.15) is 0 Å². The Kier molecular flexibility index (Phi) is 9.97. The first-order chi connectivity index (χ1) is 6.66. The fourth-order valence-electron chi connectivity index (χ4n) is 1.97. The molecular weight excluding hydrogens is 219 g/mol. The summed E-state index contributed by atoms with van der Waals surface area (Å²) in [7, 11) is 0. The monoisotopic (exact) mass is 238 g/mol. The third-order valence-corrected chi connectivity index (χ3v) is 2.69. The molecule has 1 rings (SSSR count). The Balaban J connectivity index is 0.000000364. The van der Waals surface area contributed by atoms with Gasteiger partial charge in [-0.25, -0.2) is 0 Å². The van der Waals surface area contributed by atoms with Gasteiger partial charge >= 0.3 is 4.70 Å². The van der Waals surface area contributed by atoms with E-state index in [9.17, 15) is 0 Å². The Morgan fingerprint density at radius 2 is 1.71 bits per heavy atom. The lowest BCUT2D eigenvalue weighted by Crippen LogP contribution is -2.05. The van der Waals surface area contributed by atoms with Crippen LogP contribution in [0.25, 0.3) is 0 Å². The van der Waals surface area contributed by atoms with E-state index in [4.69, 9.17) is 4.79 Å². The molecule has 0 atom stereocenters. The zero-order valence-electron chi connectivity index (χ0n) is 8.90. The summed E-state index contributed by atoms with van der Waals surface area (Å²) < 4.78 is -0.889. The molecule has 0 radical (unpaired) electrons. The molecule has 0 saturated heterocycles. The van der Waals surface area contributed by atoms with E-state index in [0.29, 0.717) is 0 Å². The summed E-state index contributed by atoms with van der Waals surface area (Å²) in [6.45, 7) is 2.29. The quantitative estimate of drug-likeness (QED) is 0.607. The van der Waals surface area contributed by atoms with Crippen molar-refractivity contribution in [3.05, 3.63) is 0 Å². The van der Waals surface area contributed by atoms with E-state index in [2.05, 4.69) is 30.1 Å². The number of halogens is 2. The Labute approximate surface area is 97.2 Å². The van der Waals surface area contributed by atoms with E-state index in [-0.39, 0.29) is 0 Å². The smallest absolute Gasteiger partial charge is 0.262 e. The first kappa shape index (κ1) is 14.2. The van der Waals surface area contributed by atoms with Crippen LogP contribution in [0.2, 0.25) is 0 Å². The Morgan fingerprint density at radius 3 is 2.14 bits per heavy atom. The van der Waals surface area contributed by atoms with Gasteiger partial charge in [0.15, 0.2) is 0 Å². The van der Waals surface area contributed by atoms with Gasteiger partial charge < -0.3 is 0 Å². The van der Waals surface area contributed by atoms with Crippen molar-refractivity contribution in [3.8, 4) is 0 Å². The topological polar surface area (TPSA) is 17.1 Å². The molecule has 0 amide bonds. The molecule has 0 heterocycles. The molecule has 0 N–H and O–H groups in total. The SMILES string of the molecule is CCCCC1CCCCC1.O=C(Cl)Cl. The average Bonchev–Trinajstić information content (AvgIpc) is 2.15. The van der Waals surface area contributed by atoms with Crippen molar-refractivity contribution in [2.75, 3.05) is 0 Å². The zero-order valence-corrected chi connectivity index (χ0v) is 10.4. The molecular formula is C11H20Cl2O. The molecule has 0 spiro atoms. The standard InChI is InChI=1S/C10H20.CCl2O/c1-2-3-7-10-8-5-4-6-9-10;2-1(3)4/h10H,2-9H2,1H3;. The molecule has 1 aliphatic carbocycles. The minimum absolute atomic E-state index is 0.889. The molecule has 0 bridgehead atoms. The van der Waals surface area contributed by atoms with Crippen molar-refractivity contribution in [1.82, 2.24) is 0 Å². The second-order valence-electron chi connectivity index (χ2n) is 3.87. The van der Waals surface area contributed by atoms with Crippen LogP contribution < -0.4 is 0 Å². The van der Waals surface area contributed by atoms with Crippen molar-refractivity contribution in [1.29, 1.82) is 0 Å². The molecule has 0 aliphatic heterocycles. The molecule has 1 nitrogen and oxygen atoms in total. The van der Waals surface area contributed by atoms with Crippen LogP contribution in [0.15, 0.2) is 0 Å². The highest BCUT2D eigenvalue weighted by molar-refractivity contribution is 6.93. The van der Waals surface area contributed by atoms with Gasteiger partial charge in [0, 0.05) is 0 Å². The van der Waals surface area contributed by atoms with Crippen LogP contribution in [0.1, 0.15) is 58.3 Å². The van der Waals surface area contributed by atoms with Crippen LogP contribution in [0.5, 0.6) is 0 Å². The third kappa shape index (κ3) is 10.3. The van der Waals surface area contributed by atoms with Crippen LogP contribution >= 0.6 is 23.2 Å². The molecule has 84 valence electrons. The summed E-state index contributed by atoms with van der Waals surface area (Å²) >= 11 is 8.80. The number of carbonyl (C=O) groups excluding carboxylic acids is 1. The second-order valence-corrected chi connectivity index (χ2v) is 4.75. The predicted octanol–water partition coefficient (Wildman–Crippen LogP) is 5.34. The van der Waals surface area contributed by atoms with Crippen LogP contribution in [0.4, 0.5) is 4.79 Å². The molecule has 0 aromatic heterocycles. The Morgan fingerprint density at radius 1 is 1.21 bits per heavy atom. The lowest BCUT2D eigenvalue weighted by molar-refractivity contribution is 0.275. The Bertz CT molecular complexity index is 138. The van der Waals surface area contributed by atoms with Crippen molar-refractivity contribution in [2.24, 2.45) is 5.92 Å². The maximum absolute atomic E-state index is 8.98. The summed E-state index contributed by atoms with van der Waals surface area (Å²) in [5.74, 6) is 1.11. The highest BCUT2D eigenvalue weighted by Crippen LogP contribution is 2.27. The van der Waals surface area contributed by atoms with Crippen molar-refractivity contribution >= 4 is 27.9 Å². The van der Waals surface area contributed by atoms with Gasteiger partial charge in [0.2, 0.25) is 0 Å². The molecule has 14 heavy (non-hydrogen) atoms. The minimum atomic E-state index is -0.889. The number of unbranched alkanes of at least 4 members (excludes halogenated alkanes) is 1. The van der Waals surface area contributed by atoms with Crippen LogP contribution in [-0.2, 0) is 0 Å². The van der Waals surface area contributed by atoms with Crippen molar-refractivity contribution in [3.63, 3.8) is 0 Å². The van der Waals surface area contributed by atoms with Gasteiger partial charge in [0.05, 0.1) is 0 Å². The average molecular weight is 239 g/mol. The number of hydrogen-bond acceptors (Lipinski definition) is 1. The molecule has 1 saturated carbocycles. The van der Waals surface area contributed by atoms with E-state index in [1.807, 2.05) is 0 Å². The lowest BCUT2D eigenvalue weighted by Gasteiger charge is -2.20. The summed E-state index contributed by atoms with van der Waals surface area (Å²) in [4.78, 5) is 8.98. The van der Waals surface area contributed by atoms with E-state index in [1.54, 1.807) is 0 Å². The van der Waals surface area contributed by atoms with Gasteiger partial charge in [-0.15, -0.1) is 0 Å². The fraction of sp³-hybridized carbons (Fsp3) is 0.909. The van der Waals surface area contributed by atoms with Crippen LogP contribution in [0.3, 0.4) is 0 Å². The first-order valence-corrected chi connectivity index (χ1v) is 6.27. The maximum atomic E-state index is 8.98. The molecule has 1 aliphatic rings. The summed E-state index contributed by atoms with van der Waals surface area (Å²) in [6, 6.07) is 0. The predicted molar refractivity (Wildman–Crippen MR) is 63.2 cm³/mol. The largest absolute Gasteiger partial charge is 0.313 e. The Hall–Kier alpha value is 0.250. The molecule has 0 unspecified atom stereocenters. The van der Waals surface area contributed by atoms with Gasteiger partial charge in [-0.1, -0.05) is 58.3 Å². The highest BCUT2D eigenvalue weighted by atomic mass is 35.5.